The lowest BCUT2D eigenvalue weighted by Gasteiger charge is -2.33. The number of carbonyl (C=O) groups excluding carboxylic acids is 1. The maximum atomic E-state index is 12.7. The van der Waals surface area contributed by atoms with Crippen molar-refractivity contribution in [1.29, 1.82) is 5.26 Å². The quantitative estimate of drug-likeness (QED) is 0.593. The van der Waals surface area contributed by atoms with Crippen molar-refractivity contribution in [2.24, 2.45) is 0 Å². The second-order valence-electron chi connectivity index (χ2n) is 8.12. The zero-order valence-electron chi connectivity index (χ0n) is 18.7. The van der Waals surface area contributed by atoms with Crippen LogP contribution in [0.4, 0.5) is 5.69 Å². The highest BCUT2D eigenvalue weighted by Crippen LogP contribution is 2.29. The first-order valence-corrected chi connectivity index (χ1v) is 10.7. The van der Waals surface area contributed by atoms with Gasteiger partial charge in [0.05, 0.1) is 25.9 Å². The van der Waals surface area contributed by atoms with Crippen molar-refractivity contribution >= 4 is 11.6 Å². The summed E-state index contributed by atoms with van der Waals surface area (Å²) in [6.45, 7) is 8.90. The van der Waals surface area contributed by atoms with Gasteiger partial charge in [-0.3, -0.25) is 4.79 Å². The first-order chi connectivity index (χ1) is 14.9. The highest BCUT2D eigenvalue weighted by molar-refractivity contribution is 5.93. The van der Waals surface area contributed by atoms with Crippen LogP contribution in [0.25, 0.3) is 0 Å². The Morgan fingerprint density at radius 3 is 2.45 bits per heavy atom. The Labute approximate surface area is 184 Å². The number of hydrogen-bond donors (Lipinski definition) is 3. The number of nitrogens with zero attached hydrogens (tertiary/aromatic N) is 1. The van der Waals surface area contributed by atoms with Gasteiger partial charge in [-0.25, -0.2) is 0 Å². The minimum Gasteiger partial charge on any atom is -0.493 e. The summed E-state index contributed by atoms with van der Waals surface area (Å²) < 4.78 is 10.9. The zero-order valence-corrected chi connectivity index (χ0v) is 18.7. The first-order valence-electron chi connectivity index (χ1n) is 10.7. The highest BCUT2D eigenvalue weighted by atomic mass is 16.5. The number of methoxy groups -OCH3 is 2. The van der Waals surface area contributed by atoms with Gasteiger partial charge in [-0.2, -0.15) is 5.26 Å². The van der Waals surface area contributed by atoms with Crippen LogP contribution in [-0.4, -0.2) is 52.3 Å². The number of benzene rings is 2. The third-order valence-corrected chi connectivity index (χ3v) is 6.15. The van der Waals surface area contributed by atoms with Crippen molar-refractivity contribution in [1.82, 2.24) is 0 Å². The molecule has 1 heterocycles. The number of nitriles is 1. The van der Waals surface area contributed by atoms with Crippen LogP contribution in [0.2, 0.25) is 0 Å². The Morgan fingerprint density at radius 2 is 1.81 bits per heavy atom. The summed E-state index contributed by atoms with van der Waals surface area (Å²) in [7, 11) is 3.32. The van der Waals surface area contributed by atoms with E-state index in [2.05, 4.69) is 24.4 Å². The SMILES string of the molecule is COc1cc(C)c(C[NH+]2CC[NH+]([C@@H](C)C(=O)Nc3cccc(C#N)c3)CC2)cc1OC. The summed E-state index contributed by atoms with van der Waals surface area (Å²) >= 11 is 0. The van der Waals surface area contributed by atoms with Crippen LogP contribution in [0.15, 0.2) is 36.4 Å². The molecule has 3 rings (SSSR count). The summed E-state index contributed by atoms with van der Waals surface area (Å²) in [4.78, 5) is 15.5. The van der Waals surface area contributed by atoms with Gasteiger partial charge in [-0.1, -0.05) is 6.07 Å². The van der Waals surface area contributed by atoms with E-state index in [1.54, 1.807) is 32.4 Å². The molecule has 0 aromatic heterocycles. The first kappa shape index (κ1) is 22.6. The number of quaternary nitrogens is 2. The van der Waals surface area contributed by atoms with Crippen molar-refractivity contribution in [2.45, 2.75) is 26.4 Å². The van der Waals surface area contributed by atoms with Crippen molar-refractivity contribution < 1.29 is 24.1 Å². The predicted molar refractivity (Wildman–Crippen MR) is 119 cm³/mol. The molecule has 1 amide bonds. The lowest BCUT2D eigenvalue weighted by molar-refractivity contribution is -1.02. The van der Waals surface area contributed by atoms with Gasteiger partial charge < -0.3 is 24.6 Å². The maximum Gasteiger partial charge on any atom is 0.282 e. The highest BCUT2D eigenvalue weighted by Gasteiger charge is 2.31. The summed E-state index contributed by atoms with van der Waals surface area (Å²) in [5, 5.41) is 12.0. The van der Waals surface area contributed by atoms with Gasteiger partial charge in [0.2, 0.25) is 0 Å². The van der Waals surface area contributed by atoms with Crippen molar-refractivity contribution in [3.8, 4) is 17.6 Å². The van der Waals surface area contributed by atoms with Gasteiger partial charge in [0.25, 0.3) is 5.91 Å². The van der Waals surface area contributed by atoms with Crippen LogP contribution in [0.5, 0.6) is 11.5 Å². The lowest BCUT2D eigenvalue weighted by atomic mass is 10.1. The van der Waals surface area contributed by atoms with Crippen LogP contribution in [-0.2, 0) is 11.3 Å². The minimum absolute atomic E-state index is 0.00993. The third-order valence-electron chi connectivity index (χ3n) is 6.15. The number of nitrogens with one attached hydrogen (secondary N) is 3. The van der Waals surface area contributed by atoms with Gasteiger partial charge in [0.1, 0.15) is 32.7 Å². The molecule has 3 N–H and O–H groups in total. The molecule has 7 nitrogen and oxygen atoms in total. The summed E-state index contributed by atoms with van der Waals surface area (Å²) in [5.74, 6) is 1.51. The molecule has 2 aromatic carbocycles. The number of hydrogen-bond acceptors (Lipinski definition) is 4. The number of ether oxygens (including phenoxy) is 2. The van der Waals surface area contributed by atoms with Crippen molar-refractivity contribution in [3.63, 3.8) is 0 Å². The van der Waals surface area contributed by atoms with Crippen LogP contribution in [0.3, 0.4) is 0 Å². The molecule has 1 saturated heterocycles. The van der Waals surface area contributed by atoms with E-state index in [-0.39, 0.29) is 11.9 Å². The Morgan fingerprint density at radius 1 is 1.13 bits per heavy atom. The Kier molecular flexibility index (Phi) is 7.50. The van der Waals surface area contributed by atoms with Crippen LogP contribution in [0, 0.1) is 18.3 Å². The Balaban J connectivity index is 1.55. The molecular weight excluding hydrogens is 392 g/mol. The molecule has 164 valence electrons. The molecular formula is C24H32N4O3+2. The zero-order chi connectivity index (χ0) is 22.4. The van der Waals surface area contributed by atoms with Crippen molar-refractivity contribution in [2.75, 3.05) is 45.7 Å². The average molecular weight is 425 g/mol. The third kappa shape index (κ3) is 5.54. The lowest BCUT2D eigenvalue weighted by Crippen LogP contribution is -3.29. The number of carbonyl (C=O) groups is 1. The number of anilines is 1. The number of amides is 1. The fraction of sp³-hybridized carbons (Fsp3) is 0.417. The second kappa shape index (κ2) is 10.3. The van der Waals surface area contributed by atoms with Gasteiger partial charge in [0, 0.05) is 11.3 Å². The fourth-order valence-electron chi connectivity index (χ4n) is 4.12. The molecule has 31 heavy (non-hydrogen) atoms. The predicted octanol–water partition coefficient (Wildman–Crippen LogP) is 0.195. The molecule has 7 heteroatoms. The summed E-state index contributed by atoms with van der Waals surface area (Å²) in [5.41, 5.74) is 3.68. The van der Waals surface area contributed by atoms with E-state index < -0.39 is 0 Å². The van der Waals surface area contributed by atoms with Crippen LogP contribution >= 0.6 is 0 Å². The molecule has 0 spiro atoms. The molecule has 1 aliphatic rings. The molecule has 0 bridgehead atoms. The monoisotopic (exact) mass is 424 g/mol. The van der Waals surface area contributed by atoms with E-state index in [9.17, 15) is 4.79 Å². The molecule has 1 aliphatic heterocycles. The van der Waals surface area contributed by atoms with E-state index in [1.807, 2.05) is 19.1 Å². The smallest absolute Gasteiger partial charge is 0.282 e. The molecule has 0 saturated carbocycles. The number of piperazine rings is 1. The molecule has 1 fully saturated rings. The Hall–Kier alpha value is -3.08. The van der Waals surface area contributed by atoms with Crippen molar-refractivity contribution in [3.05, 3.63) is 53.1 Å². The second-order valence-corrected chi connectivity index (χ2v) is 8.12. The molecule has 0 aliphatic carbocycles. The van der Waals surface area contributed by atoms with E-state index >= 15 is 0 Å². The number of rotatable bonds is 7. The van der Waals surface area contributed by atoms with Gasteiger partial charge >= 0.3 is 0 Å². The Bertz CT molecular complexity index is 962. The van der Waals surface area contributed by atoms with E-state index in [4.69, 9.17) is 14.7 Å². The largest absolute Gasteiger partial charge is 0.493 e. The summed E-state index contributed by atoms with van der Waals surface area (Å²) in [6, 6.07) is 13.1. The topological polar surface area (TPSA) is 80.2 Å². The van der Waals surface area contributed by atoms with Crippen LogP contribution < -0.4 is 24.6 Å². The van der Waals surface area contributed by atoms with E-state index in [0.29, 0.717) is 11.3 Å². The summed E-state index contributed by atoms with van der Waals surface area (Å²) in [6.07, 6.45) is 0. The normalized spacial score (nSPS) is 19.2. The van der Waals surface area contributed by atoms with Crippen LogP contribution in [0.1, 0.15) is 23.6 Å². The molecule has 0 radical (unpaired) electrons. The van der Waals surface area contributed by atoms with E-state index in [0.717, 1.165) is 44.2 Å². The number of aryl methyl sites for hydroxylation is 1. The fourth-order valence-corrected chi connectivity index (χ4v) is 4.12. The maximum absolute atomic E-state index is 12.7. The van der Waals surface area contributed by atoms with Gasteiger partial charge in [0.15, 0.2) is 17.5 Å². The average Bonchev–Trinajstić information content (AvgIpc) is 2.80. The van der Waals surface area contributed by atoms with Gasteiger partial charge in [-0.05, 0) is 49.7 Å². The molecule has 2 aromatic rings. The molecule has 1 atom stereocenters. The van der Waals surface area contributed by atoms with Gasteiger partial charge in [-0.15, -0.1) is 0 Å². The van der Waals surface area contributed by atoms with E-state index in [1.165, 1.54) is 20.9 Å². The molecule has 0 unspecified atom stereocenters. The minimum atomic E-state index is -0.143. The standard InChI is InChI=1S/C24H30N4O3/c1-17-12-22(30-3)23(31-4)14-20(17)16-27-8-10-28(11-9-27)18(2)24(29)26-21-7-5-6-19(13-21)15-25/h5-7,12-14,18H,8-11,16H2,1-4H3,(H,26,29)/p+2/t18-/m0/s1.